The maximum atomic E-state index is 9.00. The SMILES string of the molecule is CC(=O)O.CC(=O)O.NC[C@H]1CCC[C@@H](n2ccnc2-c2ccccc2OC2CCCC2)C1. The van der Waals surface area contributed by atoms with Crippen LogP contribution in [0, 0.1) is 5.92 Å². The number of carboxylic acid groups (broad SMARTS) is 2. The zero-order valence-corrected chi connectivity index (χ0v) is 19.7. The molecule has 0 saturated heterocycles. The average molecular weight is 460 g/mol. The van der Waals surface area contributed by atoms with Gasteiger partial charge in [-0.3, -0.25) is 9.59 Å². The van der Waals surface area contributed by atoms with Gasteiger partial charge in [0, 0.05) is 32.3 Å². The van der Waals surface area contributed by atoms with Crippen LogP contribution in [-0.2, 0) is 9.59 Å². The van der Waals surface area contributed by atoms with E-state index in [0.29, 0.717) is 18.1 Å². The molecule has 0 unspecified atom stereocenters. The fourth-order valence-electron chi connectivity index (χ4n) is 4.49. The Kier molecular flexibility index (Phi) is 10.9. The molecule has 0 amide bonds. The molecule has 182 valence electrons. The molecular formula is C25H37N3O5. The molecule has 0 aliphatic heterocycles. The van der Waals surface area contributed by atoms with Crippen LogP contribution < -0.4 is 10.5 Å². The van der Waals surface area contributed by atoms with Crippen molar-refractivity contribution >= 4 is 11.9 Å². The van der Waals surface area contributed by atoms with Gasteiger partial charge in [0.05, 0.1) is 11.7 Å². The second-order valence-corrected chi connectivity index (χ2v) is 8.64. The summed E-state index contributed by atoms with van der Waals surface area (Å²) in [6.45, 7) is 2.96. The highest BCUT2D eigenvalue weighted by atomic mass is 16.5. The van der Waals surface area contributed by atoms with E-state index >= 15 is 0 Å². The first-order valence-electron chi connectivity index (χ1n) is 11.7. The van der Waals surface area contributed by atoms with Gasteiger partial charge >= 0.3 is 0 Å². The Morgan fingerprint density at radius 2 is 1.70 bits per heavy atom. The first-order valence-corrected chi connectivity index (χ1v) is 11.7. The molecule has 4 rings (SSSR count). The standard InChI is InChI=1S/C21H29N3O.2C2H4O2/c22-15-16-6-5-7-17(14-16)24-13-12-23-21(24)19-10-3-4-11-20(19)25-18-8-1-2-9-18;2*1-2(3)4/h3-4,10-13,16-18H,1-2,5-9,14-15,22H2;2*1H3,(H,3,4)/t16-,17+;;/m0../s1. The lowest BCUT2D eigenvalue weighted by atomic mass is 9.85. The second kappa shape index (κ2) is 13.6. The van der Waals surface area contributed by atoms with Gasteiger partial charge in [0.15, 0.2) is 0 Å². The van der Waals surface area contributed by atoms with Crippen LogP contribution in [0.1, 0.15) is 71.3 Å². The summed E-state index contributed by atoms with van der Waals surface area (Å²) in [5.74, 6) is 0.989. The van der Waals surface area contributed by atoms with Crippen molar-refractivity contribution in [1.29, 1.82) is 0 Å². The highest BCUT2D eigenvalue weighted by Crippen LogP contribution is 2.37. The zero-order chi connectivity index (χ0) is 24.2. The van der Waals surface area contributed by atoms with E-state index in [1.807, 2.05) is 6.20 Å². The fourth-order valence-corrected chi connectivity index (χ4v) is 4.49. The summed E-state index contributed by atoms with van der Waals surface area (Å²) >= 11 is 0. The van der Waals surface area contributed by atoms with E-state index in [1.165, 1.54) is 44.9 Å². The van der Waals surface area contributed by atoms with Crippen molar-refractivity contribution in [2.45, 2.75) is 77.4 Å². The van der Waals surface area contributed by atoms with Crippen LogP contribution in [0.15, 0.2) is 36.7 Å². The molecule has 8 heteroatoms. The van der Waals surface area contributed by atoms with Crippen molar-refractivity contribution in [3.63, 3.8) is 0 Å². The smallest absolute Gasteiger partial charge is 0.300 e. The number of carbonyl (C=O) groups is 2. The van der Waals surface area contributed by atoms with E-state index in [2.05, 4.69) is 35.0 Å². The fraction of sp³-hybridized carbons (Fsp3) is 0.560. The molecule has 1 aromatic carbocycles. The van der Waals surface area contributed by atoms with Crippen molar-refractivity contribution < 1.29 is 24.5 Å². The van der Waals surface area contributed by atoms with Gasteiger partial charge in [-0.2, -0.15) is 0 Å². The highest BCUT2D eigenvalue weighted by Gasteiger charge is 2.25. The number of rotatable bonds is 5. The Hall–Kier alpha value is -2.87. The first kappa shape index (κ1) is 26.4. The van der Waals surface area contributed by atoms with Gasteiger partial charge in [-0.15, -0.1) is 0 Å². The minimum atomic E-state index is -0.833. The third kappa shape index (κ3) is 8.88. The number of aliphatic carboxylic acids is 2. The van der Waals surface area contributed by atoms with E-state index in [9.17, 15) is 0 Å². The topological polar surface area (TPSA) is 128 Å². The van der Waals surface area contributed by atoms with Gasteiger partial charge < -0.3 is 25.3 Å². The van der Waals surface area contributed by atoms with Crippen LogP contribution in [0.2, 0.25) is 0 Å². The molecule has 2 aliphatic carbocycles. The van der Waals surface area contributed by atoms with Gasteiger partial charge in [0.25, 0.3) is 11.9 Å². The number of hydrogen-bond donors (Lipinski definition) is 3. The van der Waals surface area contributed by atoms with E-state index in [1.54, 1.807) is 0 Å². The molecule has 2 aromatic rings. The van der Waals surface area contributed by atoms with Crippen LogP contribution in [0.4, 0.5) is 0 Å². The lowest BCUT2D eigenvalue weighted by molar-refractivity contribution is -0.135. The maximum absolute atomic E-state index is 9.00. The van der Waals surface area contributed by atoms with Crippen molar-refractivity contribution in [1.82, 2.24) is 9.55 Å². The Morgan fingerprint density at radius 1 is 1.06 bits per heavy atom. The van der Waals surface area contributed by atoms with Crippen LogP contribution in [-0.4, -0.2) is 44.4 Å². The third-order valence-electron chi connectivity index (χ3n) is 5.87. The number of nitrogens with zero attached hydrogens (tertiary/aromatic N) is 2. The van der Waals surface area contributed by atoms with Crippen LogP contribution >= 0.6 is 0 Å². The largest absolute Gasteiger partial charge is 0.490 e. The highest BCUT2D eigenvalue weighted by molar-refractivity contribution is 5.65. The Balaban J connectivity index is 0.000000420. The van der Waals surface area contributed by atoms with Crippen LogP contribution in [0.25, 0.3) is 11.4 Å². The van der Waals surface area contributed by atoms with E-state index in [0.717, 1.165) is 44.0 Å². The summed E-state index contributed by atoms with van der Waals surface area (Å²) in [5.41, 5.74) is 7.06. The van der Waals surface area contributed by atoms with Gasteiger partial charge in [-0.05, 0) is 69.5 Å². The summed E-state index contributed by atoms with van der Waals surface area (Å²) < 4.78 is 8.70. The molecule has 8 nitrogen and oxygen atoms in total. The molecule has 1 aromatic heterocycles. The van der Waals surface area contributed by atoms with Gasteiger partial charge in [-0.25, -0.2) is 4.98 Å². The summed E-state index contributed by atoms with van der Waals surface area (Å²) in [4.78, 5) is 22.7. The van der Waals surface area contributed by atoms with Gasteiger partial charge in [0.1, 0.15) is 11.6 Å². The van der Waals surface area contributed by atoms with Gasteiger partial charge in [-0.1, -0.05) is 18.6 Å². The number of nitrogens with two attached hydrogens (primary N) is 1. The summed E-state index contributed by atoms with van der Waals surface area (Å²) in [7, 11) is 0. The summed E-state index contributed by atoms with van der Waals surface area (Å²) in [6, 6.07) is 8.88. The second-order valence-electron chi connectivity index (χ2n) is 8.64. The molecule has 2 aliphatic rings. The number of imidazole rings is 1. The number of carboxylic acids is 2. The Labute approximate surface area is 195 Å². The Bertz CT molecular complexity index is 856. The number of benzene rings is 1. The van der Waals surface area contributed by atoms with Crippen molar-refractivity contribution in [3.05, 3.63) is 36.7 Å². The van der Waals surface area contributed by atoms with Crippen molar-refractivity contribution in [2.75, 3.05) is 6.54 Å². The summed E-state index contributed by atoms with van der Waals surface area (Å²) in [6.07, 6.45) is 14.2. The minimum absolute atomic E-state index is 0.362. The monoisotopic (exact) mass is 459 g/mol. The van der Waals surface area contributed by atoms with Crippen molar-refractivity contribution in [2.24, 2.45) is 11.7 Å². The average Bonchev–Trinajstić information content (AvgIpc) is 3.46. The molecule has 0 radical (unpaired) electrons. The van der Waals surface area contributed by atoms with Crippen molar-refractivity contribution in [3.8, 4) is 17.1 Å². The normalized spacial score (nSPS) is 20.1. The number of ether oxygens (including phenoxy) is 1. The molecule has 2 saturated carbocycles. The van der Waals surface area contributed by atoms with Gasteiger partial charge in [0.2, 0.25) is 0 Å². The lowest BCUT2D eigenvalue weighted by Gasteiger charge is -2.30. The molecule has 2 atom stereocenters. The van der Waals surface area contributed by atoms with E-state index in [-0.39, 0.29) is 0 Å². The van der Waals surface area contributed by atoms with E-state index < -0.39 is 11.9 Å². The lowest BCUT2D eigenvalue weighted by Crippen LogP contribution is -2.24. The quantitative estimate of drug-likeness (QED) is 0.589. The number of aromatic nitrogens is 2. The number of para-hydroxylation sites is 1. The molecule has 33 heavy (non-hydrogen) atoms. The van der Waals surface area contributed by atoms with E-state index in [4.69, 9.17) is 35.3 Å². The zero-order valence-electron chi connectivity index (χ0n) is 19.7. The number of hydrogen-bond acceptors (Lipinski definition) is 5. The molecular weight excluding hydrogens is 422 g/mol. The molecule has 1 heterocycles. The first-order chi connectivity index (χ1) is 15.8. The molecule has 0 bridgehead atoms. The third-order valence-corrected chi connectivity index (χ3v) is 5.87. The minimum Gasteiger partial charge on any atom is -0.490 e. The Morgan fingerprint density at radius 3 is 2.33 bits per heavy atom. The molecule has 2 fully saturated rings. The predicted molar refractivity (Wildman–Crippen MR) is 127 cm³/mol. The van der Waals surface area contributed by atoms with Crippen LogP contribution in [0.5, 0.6) is 5.75 Å². The summed E-state index contributed by atoms with van der Waals surface area (Å²) in [5, 5.41) is 14.8. The predicted octanol–water partition coefficient (Wildman–Crippen LogP) is 4.74. The molecule has 4 N–H and O–H groups in total. The molecule has 0 spiro atoms. The van der Waals surface area contributed by atoms with Crippen LogP contribution in [0.3, 0.4) is 0 Å². The maximum Gasteiger partial charge on any atom is 0.300 e.